The Morgan fingerprint density at radius 3 is 2.54 bits per heavy atom. The van der Waals surface area contributed by atoms with Crippen molar-refractivity contribution in [2.24, 2.45) is 10.8 Å². The van der Waals surface area contributed by atoms with Crippen LogP contribution in [0.3, 0.4) is 0 Å². The molecule has 3 aromatic rings. The van der Waals surface area contributed by atoms with Crippen LogP contribution in [0.5, 0.6) is 0 Å². The van der Waals surface area contributed by atoms with Crippen LogP contribution in [0, 0.1) is 28.0 Å². The first-order chi connectivity index (χ1) is 17.9. The number of carbonyl (C=O) groups is 1. The van der Waals surface area contributed by atoms with E-state index >= 15 is 0 Å². The normalized spacial score (nSPS) is 20.5. The number of hydrogen-bond acceptors (Lipinski definition) is 7. The molecule has 37 heavy (non-hydrogen) atoms. The quantitative estimate of drug-likeness (QED) is 0.502. The van der Waals surface area contributed by atoms with E-state index in [1.807, 2.05) is 24.4 Å². The molecule has 0 bridgehead atoms. The highest BCUT2D eigenvalue weighted by Gasteiger charge is 2.65. The predicted octanol–water partition coefficient (Wildman–Crippen LogP) is 3.88. The Kier molecular flexibility index (Phi) is 4.64. The largest absolute Gasteiger partial charge is 0.392 e. The van der Waals surface area contributed by atoms with Crippen LogP contribution in [0.2, 0.25) is 0 Å². The number of nitrogens with zero attached hydrogens (tertiary/aromatic N) is 4. The van der Waals surface area contributed by atoms with Crippen LogP contribution in [0.25, 0.3) is 11.3 Å². The molecule has 2 aliphatic carbocycles. The second-order valence-electron chi connectivity index (χ2n) is 10.8. The molecule has 2 aliphatic heterocycles. The van der Waals surface area contributed by atoms with Crippen molar-refractivity contribution in [3.63, 3.8) is 0 Å². The van der Waals surface area contributed by atoms with Gasteiger partial charge in [-0.25, -0.2) is 14.4 Å². The number of carbonyl (C=O) groups excluding carboxylic acids is 1. The van der Waals surface area contributed by atoms with Gasteiger partial charge in [-0.3, -0.25) is 4.79 Å². The van der Waals surface area contributed by atoms with E-state index < -0.39 is 5.82 Å². The third-order valence-corrected chi connectivity index (χ3v) is 8.46. The van der Waals surface area contributed by atoms with Gasteiger partial charge in [0.25, 0.3) is 5.91 Å². The maximum absolute atomic E-state index is 14.7. The Hall–Kier alpha value is -4.03. The molecule has 0 unspecified atom stereocenters. The zero-order valence-electron chi connectivity index (χ0n) is 20.1. The second kappa shape index (κ2) is 7.73. The number of aliphatic hydroxyl groups is 1. The minimum atomic E-state index is -0.550. The zero-order valence-corrected chi connectivity index (χ0v) is 20.1. The van der Waals surface area contributed by atoms with Gasteiger partial charge in [-0.2, -0.15) is 5.26 Å². The molecule has 2 spiro atoms. The summed E-state index contributed by atoms with van der Waals surface area (Å²) in [6.45, 7) is 1.91. The van der Waals surface area contributed by atoms with E-state index in [2.05, 4.69) is 25.5 Å². The van der Waals surface area contributed by atoms with E-state index in [1.54, 1.807) is 12.1 Å². The van der Waals surface area contributed by atoms with Gasteiger partial charge in [-0.15, -0.1) is 0 Å². The number of amides is 1. The highest BCUT2D eigenvalue weighted by molar-refractivity contribution is 6.04. The van der Waals surface area contributed by atoms with Crippen LogP contribution in [0.15, 0.2) is 42.6 Å². The first-order valence-electron chi connectivity index (χ1n) is 12.6. The number of hydrogen-bond donors (Lipinski definition) is 3. The molecule has 1 saturated heterocycles. The Labute approximate surface area is 213 Å². The standard InChI is InChI=1S/C28H25FN6O2/c29-18-3-1-2-16(11-30)23(18)19-10-20(24-21(33-19)13-32-25(24)36)34-22-5-4-17(12-31-22)35-14-27(6-7-27)26(37)28(15-35)8-9-28/h1-5,10,12,26,37H,6-9,13-15H2,(H,32,36)(H,31,33,34). The fraction of sp³-hybridized carbons (Fsp3) is 0.357. The number of aromatic nitrogens is 2. The maximum Gasteiger partial charge on any atom is 0.255 e. The van der Waals surface area contributed by atoms with Crippen LogP contribution >= 0.6 is 0 Å². The predicted molar refractivity (Wildman–Crippen MR) is 135 cm³/mol. The fourth-order valence-electron chi connectivity index (χ4n) is 6.13. The van der Waals surface area contributed by atoms with Crippen molar-refractivity contribution >= 4 is 23.1 Å². The maximum atomic E-state index is 14.7. The fourth-order valence-corrected chi connectivity index (χ4v) is 6.13. The molecule has 4 aliphatic rings. The van der Waals surface area contributed by atoms with Crippen LogP contribution in [0.1, 0.15) is 47.3 Å². The Morgan fingerprint density at radius 2 is 1.89 bits per heavy atom. The van der Waals surface area contributed by atoms with E-state index in [0.717, 1.165) is 44.5 Å². The molecule has 186 valence electrons. The number of fused-ring (bicyclic) bond motifs is 1. The van der Waals surface area contributed by atoms with Gasteiger partial charge >= 0.3 is 0 Å². The number of nitrogens with one attached hydrogen (secondary N) is 2. The molecule has 7 rings (SSSR count). The summed E-state index contributed by atoms with van der Waals surface area (Å²) < 4.78 is 14.7. The summed E-state index contributed by atoms with van der Waals surface area (Å²) in [7, 11) is 0. The van der Waals surface area contributed by atoms with Crippen LogP contribution in [-0.2, 0) is 6.54 Å². The summed E-state index contributed by atoms with van der Waals surface area (Å²) >= 11 is 0. The number of benzene rings is 1. The molecule has 2 saturated carbocycles. The third kappa shape index (κ3) is 3.47. The van der Waals surface area contributed by atoms with E-state index in [0.29, 0.717) is 22.8 Å². The number of piperidine rings is 1. The van der Waals surface area contributed by atoms with E-state index in [9.17, 15) is 19.6 Å². The van der Waals surface area contributed by atoms with Gasteiger partial charge in [0.05, 0.1) is 64.4 Å². The lowest BCUT2D eigenvalue weighted by molar-refractivity contribution is 0.0105. The van der Waals surface area contributed by atoms with Crippen molar-refractivity contribution < 1.29 is 14.3 Å². The molecule has 3 N–H and O–H groups in total. The number of aliphatic hydroxyl groups excluding tert-OH is 1. The molecular weight excluding hydrogens is 471 g/mol. The molecule has 4 heterocycles. The Bertz CT molecular complexity index is 1470. The minimum absolute atomic E-state index is 0.0298. The summed E-state index contributed by atoms with van der Waals surface area (Å²) in [5, 5.41) is 26.4. The van der Waals surface area contributed by atoms with E-state index in [1.165, 1.54) is 12.1 Å². The Morgan fingerprint density at radius 1 is 1.14 bits per heavy atom. The molecule has 0 atom stereocenters. The van der Waals surface area contributed by atoms with Gasteiger partial charge in [0.15, 0.2) is 0 Å². The van der Waals surface area contributed by atoms with E-state index in [-0.39, 0.29) is 46.2 Å². The highest BCUT2D eigenvalue weighted by Crippen LogP contribution is 2.64. The van der Waals surface area contributed by atoms with Crippen LogP contribution in [0.4, 0.5) is 21.6 Å². The summed E-state index contributed by atoms with van der Waals surface area (Å²) in [6.07, 6.45) is 5.92. The molecule has 2 aromatic heterocycles. The van der Waals surface area contributed by atoms with Gasteiger partial charge < -0.3 is 20.6 Å². The smallest absolute Gasteiger partial charge is 0.255 e. The summed E-state index contributed by atoms with van der Waals surface area (Å²) in [4.78, 5) is 24.0. The topological polar surface area (TPSA) is 114 Å². The number of pyridine rings is 2. The monoisotopic (exact) mass is 496 g/mol. The third-order valence-electron chi connectivity index (χ3n) is 8.46. The van der Waals surface area contributed by atoms with Crippen molar-refractivity contribution in [3.05, 3.63) is 65.2 Å². The van der Waals surface area contributed by atoms with Crippen molar-refractivity contribution in [2.75, 3.05) is 23.3 Å². The molecule has 8 nitrogen and oxygen atoms in total. The average molecular weight is 497 g/mol. The summed E-state index contributed by atoms with van der Waals surface area (Å²) in [5.74, 6) is -0.277. The van der Waals surface area contributed by atoms with Crippen molar-refractivity contribution in [1.82, 2.24) is 15.3 Å². The van der Waals surface area contributed by atoms with Crippen molar-refractivity contribution in [2.45, 2.75) is 38.3 Å². The lowest BCUT2D eigenvalue weighted by atomic mass is 9.80. The van der Waals surface area contributed by atoms with Crippen molar-refractivity contribution in [3.8, 4) is 17.3 Å². The molecule has 1 aromatic carbocycles. The average Bonchev–Trinajstić information content (AvgIpc) is 3.82. The first kappa shape index (κ1) is 22.2. The Balaban J connectivity index is 1.20. The van der Waals surface area contributed by atoms with Gasteiger partial charge in [-0.1, -0.05) is 6.07 Å². The number of nitriles is 1. The lowest BCUT2D eigenvalue weighted by Gasteiger charge is -2.44. The molecular formula is C28H25FN6O2. The van der Waals surface area contributed by atoms with Crippen LogP contribution < -0.4 is 15.5 Å². The number of halogens is 1. The minimum Gasteiger partial charge on any atom is -0.392 e. The highest BCUT2D eigenvalue weighted by atomic mass is 19.1. The van der Waals surface area contributed by atoms with E-state index in [4.69, 9.17) is 0 Å². The molecule has 9 heteroatoms. The SMILES string of the molecule is N#Cc1cccc(F)c1-c1cc(Nc2ccc(N3CC4(CC4)C(O)C4(CC4)C3)cn2)c2c(n1)CNC2=O. The molecule has 0 radical (unpaired) electrons. The van der Waals surface area contributed by atoms with Gasteiger partial charge in [-0.05, 0) is 56.0 Å². The summed E-state index contributed by atoms with van der Waals surface area (Å²) in [5.41, 5.74) is 2.96. The molecule has 3 fully saturated rings. The summed E-state index contributed by atoms with van der Waals surface area (Å²) in [6, 6.07) is 11.8. The first-order valence-corrected chi connectivity index (χ1v) is 12.6. The van der Waals surface area contributed by atoms with Gasteiger partial charge in [0.2, 0.25) is 0 Å². The van der Waals surface area contributed by atoms with Crippen LogP contribution in [-0.4, -0.2) is 40.2 Å². The van der Waals surface area contributed by atoms with Gasteiger partial charge in [0, 0.05) is 23.9 Å². The molecule has 1 amide bonds. The zero-order chi connectivity index (χ0) is 25.4. The second-order valence-corrected chi connectivity index (χ2v) is 10.8. The number of anilines is 3. The van der Waals surface area contributed by atoms with Gasteiger partial charge in [0.1, 0.15) is 11.6 Å². The van der Waals surface area contributed by atoms with Crippen molar-refractivity contribution in [1.29, 1.82) is 5.26 Å². The lowest BCUT2D eigenvalue weighted by Crippen LogP contribution is -2.52. The number of rotatable bonds is 4.